The maximum Gasteiger partial charge on any atom is 0.258 e. The van der Waals surface area contributed by atoms with Gasteiger partial charge in [-0.15, -0.1) is 24.8 Å². The molecule has 4 nitrogen and oxygen atoms in total. The minimum atomic E-state index is -2.49. The second-order valence-electron chi connectivity index (χ2n) is 4.50. The van der Waals surface area contributed by atoms with Gasteiger partial charge in [0.15, 0.2) is 11.5 Å². The second kappa shape index (κ2) is 9.25. The van der Waals surface area contributed by atoms with Crippen molar-refractivity contribution in [2.45, 2.75) is 12.5 Å². The highest BCUT2D eigenvalue weighted by molar-refractivity contribution is 5.85. The Balaban J connectivity index is 0.00000200. The summed E-state index contributed by atoms with van der Waals surface area (Å²) in [4.78, 5) is 1.74. The summed E-state index contributed by atoms with van der Waals surface area (Å²) in [5, 5.41) is 12.9. The number of methoxy groups -OCH3 is 1. The lowest BCUT2D eigenvalue weighted by Crippen LogP contribution is -2.46. The lowest BCUT2D eigenvalue weighted by atomic mass is 10.0. The van der Waals surface area contributed by atoms with Crippen LogP contribution < -0.4 is 10.1 Å². The fourth-order valence-electron chi connectivity index (χ4n) is 2.37. The van der Waals surface area contributed by atoms with Gasteiger partial charge in [0.1, 0.15) is 0 Å². The maximum atomic E-state index is 13.3. The molecule has 1 aliphatic heterocycles. The molecule has 1 aromatic rings. The number of phenolic OH excluding ortho intramolecular Hbond substituents is 1. The summed E-state index contributed by atoms with van der Waals surface area (Å²) < 4.78 is 31.5. The number of aromatic hydroxyl groups is 1. The Labute approximate surface area is 135 Å². The van der Waals surface area contributed by atoms with Gasteiger partial charge >= 0.3 is 0 Å². The first-order valence-electron chi connectivity index (χ1n) is 6.23. The third kappa shape index (κ3) is 4.85. The monoisotopic (exact) mass is 344 g/mol. The molecule has 1 fully saturated rings. The Morgan fingerprint density at radius 2 is 1.86 bits per heavy atom. The standard InChI is InChI=1S/C13H18F2N2O2.2ClH/c1-19-11-3-2-9(8-10(11)18)12(13(14)15)17-6-4-16-5-7-17;;/h2-3,8,12-13,16,18H,4-7H2,1H3;2*1H/t12-;;/m1../s1. The van der Waals surface area contributed by atoms with Gasteiger partial charge in [-0.3, -0.25) is 4.90 Å². The third-order valence-corrected chi connectivity index (χ3v) is 3.33. The van der Waals surface area contributed by atoms with Crippen LogP contribution in [0.3, 0.4) is 0 Å². The van der Waals surface area contributed by atoms with E-state index in [2.05, 4.69) is 5.32 Å². The van der Waals surface area contributed by atoms with Crippen molar-refractivity contribution >= 4 is 24.8 Å². The Morgan fingerprint density at radius 3 is 2.33 bits per heavy atom. The van der Waals surface area contributed by atoms with Crippen LogP contribution in [-0.2, 0) is 0 Å². The number of hydrogen-bond acceptors (Lipinski definition) is 4. The zero-order valence-corrected chi connectivity index (χ0v) is 13.2. The largest absolute Gasteiger partial charge is 0.504 e. The Hall–Kier alpha value is -0.820. The zero-order chi connectivity index (χ0) is 13.8. The zero-order valence-electron chi connectivity index (χ0n) is 11.6. The predicted molar refractivity (Wildman–Crippen MR) is 82.3 cm³/mol. The van der Waals surface area contributed by atoms with Gasteiger partial charge in [0, 0.05) is 26.2 Å². The average molecular weight is 345 g/mol. The van der Waals surface area contributed by atoms with Crippen molar-refractivity contribution in [3.8, 4) is 11.5 Å². The van der Waals surface area contributed by atoms with Crippen molar-refractivity contribution in [3.05, 3.63) is 23.8 Å². The molecule has 1 aromatic carbocycles. The van der Waals surface area contributed by atoms with Crippen LogP contribution >= 0.6 is 24.8 Å². The van der Waals surface area contributed by atoms with E-state index in [9.17, 15) is 13.9 Å². The summed E-state index contributed by atoms with van der Waals surface area (Å²) in [6.07, 6.45) is -2.49. The smallest absolute Gasteiger partial charge is 0.258 e. The second-order valence-corrected chi connectivity index (χ2v) is 4.50. The number of piperazine rings is 1. The number of ether oxygens (including phenoxy) is 1. The first-order valence-corrected chi connectivity index (χ1v) is 6.23. The van der Waals surface area contributed by atoms with E-state index in [4.69, 9.17) is 4.74 Å². The normalized spacial score (nSPS) is 16.8. The lowest BCUT2D eigenvalue weighted by Gasteiger charge is -2.34. The molecule has 8 heteroatoms. The van der Waals surface area contributed by atoms with Crippen LogP contribution in [0.5, 0.6) is 11.5 Å². The number of halogens is 4. The van der Waals surface area contributed by atoms with Gasteiger partial charge in [-0.05, 0) is 17.7 Å². The Morgan fingerprint density at radius 1 is 1.24 bits per heavy atom. The molecule has 0 saturated carbocycles. The van der Waals surface area contributed by atoms with Gasteiger partial charge in [-0.25, -0.2) is 8.78 Å². The highest BCUT2D eigenvalue weighted by Gasteiger charge is 2.30. The molecule has 122 valence electrons. The van der Waals surface area contributed by atoms with Crippen LogP contribution in [0.4, 0.5) is 8.78 Å². The van der Waals surface area contributed by atoms with E-state index in [-0.39, 0.29) is 36.3 Å². The average Bonchev–Trinajstić information content (AvgIpc) is 2.40. The molecule has 1 atom stereocenters. The summed E-state index contributed by atoms with van der Waals surface area (Å²) in [6.45, 7) is 2.54. The van der Waals surface area contributed by atoms with Crippen molar-refractivity contribution in [1.82, 2.24) is 10.2 Å². The molecule has 0 radical (unpaired) electrons. The van der Waals surface area contributed by atoms with Crippen LogP contribution in [0.25, 0.3) is 0 Å². The van der Waals surface area contributed by atoms with Gasteiger partial charge in [0.05, 0.1) is 13.2 Å². The summed E-state index contributed by atoms with van der Waals surface area (Å²) in [7, 11) is 1.43. The van der Waals surface area contributed by atoms with Gasteiger partial charge < -0.3 is 15.2 Å². The summed E-state index contributed by atoms with van der Waals surface area (Å²) in [5.74, 6) is 0.179. The van der Waals surface area contributed by atoms with E-state index >= 15 is 0 Å². The molecule has 0 aliphatic carbocycles. The molecule has 0 aromatic heterocycles. The van der Waals surface area contributed by atoms with E-state index in [0.29, 0.717) is 31.7 Å². The molecule has 0 amide bonds. The Bertz CT molecular complexity index is 433. The lowest BCUT2D eigenvalue weighted by molar-refractivity contribution is 0.0181. The number of nitrogens with zero attached hydrogens (tertiary/aromatic N) is 1. The minimum Gasteiger partial charge on any atom is -0.504 e. The minimum absolute atomic E-state index is 0. The van der Waals surface area contributed by atoms with E-state index in [1.165, 1.54) is 19.2 Å². The number of rotatable bonds is 4. The van der Waals surface area contributed by atoms with Crippen molar-refractivity contribution in [1.29, 1.82) is 0 Å². The van der Waals surface area contributed by atoms with Crippen LogP contribution in [-0.4, -0.2) is 49.7 Å². The first kappa shape index (κ1) is 20.2. The summed E-state index contributed by atoms with van der Waals surface area (Å²) >= 11 is 0. The fourth-order valence-corrected chi connectivity index (χ4v) is 2.37. The maximum absolute atomic E-state index is 13.3. The van der Waals surface area contributed by atoms with E-state index < -0.39 is 12.5 Å². The molecular formula is C13H20Cl2F2N2O2. The van der Waals surface area contributed by atoms with Gasteiger partial charge in [0.25, 0.3) is 6.43 Å². The van der Waals surface area contributed by atoms with E-state index in [1.54, 1.807) is 11.0 Å². The van der Waals surface area contributed by atoms with Gasteiger partial charge in [-0.2, -0.15) is 0 Å². The SMILES string of the molecule is COc1ccc([C@H](C(F)F)N2CCNCC2)cc1O.Cl.Cl. The molecular weight excluding hydrogens is 325 g/mol. The number of nitrogens with one attached hydrogen (secondary N) is 1. The predicted octanol–water partition coefficient (Wildman–Crippen LogP) is 2.46. The molecule has 1 aliphatic rings. The van der Waals surface area contributed by atoms with Crippen molar-refractivity contribution < 1.29 is 18.6 Å². The molecule has 21 heavy (non-hydrogen) atoms. The first-order chi connectivity index (χ1) is 9.13. The number of phenols is 1. The topological polar surface area (TPSA) is 44.7 Å². The van der Waals surface area contributed by atoms with Gasteiger partial charge in [-0.1, -0.05) is 6.07 Å². The number of hydrogen-bond donors (Lipinski definition) is 2. The fraction of sp³-hybridized carbons (Fsp3) is 0.538. The Kier molecular flexibility index (Phi) is 8.89. The quantitative estimate of drug-likeness (QED) is 0.880. The molecule has 0 bridgehead atoms. The van der Waals surface area contributed by atoms with E-state index in [0.717, 1.165) is 0 Å². The van der Waals surface area contributed by atoms with Crippen LogP contribution in [0.1, 0.15) is 11.6 Å². The van der Waals surface area contributed by atoms with Crippen molar-refractivity contribution in [2.24, 2.45) is 0 Å². The number of benzene rings is 1. The molecule has 2 N–H and O–H groups in total. The highest BCUT2D eigenvalue weighted by atomic mass is 35.5. The van der Waals surface area contributed by atoms with Crippen molar-refractivity contribution in [3.63, 3.8) is 0 Å². The van der Waals surface area contributed by atoms with Crippen LogP contribution in [0.15, 0.2) is 18.2 Å². The van der Waals surface area contributed by atoms with Crippen LogP contribution in [0.2, 0.25) is 0 Å². The molecule has 1 heterocycles. The number of alkyl halides is 2. The molecule has 1 saturated heterocycles. The summed E-state index contributed by atoms with van der Waals surface area (Å²) in [5.41, 5.74) is 0.412. The van der Waals surface area contributed by atoms with Gasteiger partial charge in [0.2, 0.25) is 0 Å². The molecule has 0 unspecified atom stereocenters. The van der Waals surface area contributed by atoms with Crippen molar-refractivity contribution in [2.75, 3.05) is 33.3 Å². The van der Waals surface area contributed by atoms with E-state index in [1.807, 2.05) is 0 Å². The molecule has 2 rings (SSSR count). The van der Waals surface area contributed by atoms with Crippen LogP contribution in [0, 0.1) is 0 Å². The summed E-state index contributed by atoms with van der Waals surface area (Å²) in [6, 6.07) is 3.47. The third-order valence-electron chi connectivity index (χ3n) is 3.33. The molecule has 0 spiro atoms. The highest BCUT2D eigenvalue weighted by Crippen LogP contribution is 2.34.